The summed E-state index contributed by atoms with van der Waals surface area (Å²) in [6.07, 6.45) is 2.39. The van der Waals surface area contributed by atoms with Gasteiger partial charge in [0.1, 0.15) is 11.4 Å². The quantitative estimate of drug-likeness (QED) is 0.629. The molecule has 0 radical (unpaired) electrons. The van der Waals surface area contributed by atoms with Crippen molar-refractivity contribution in [2.75, 3.05) is 6.61 Å². The van der Waals surface area contributed by atoms with Crippen molar-refractivity contribution in [1.82, 2.24) is 4.98 Å². The molecule has 2 heterocycles. The lowest BCUT2D eigenvalue weighted by molar-refractivity contribution is 0.316. The number of aryl methyl sites for hydroxylation is 1. The van der Waals surface area contributed by atoms with Gasteiger partial charge in [0.2, 0.25) is 0 Å². The van der Waals surface area contributed by atoms with Gasteiger partial charge in [-0.2, -0.15) is 0 Å². The van der Waals surface area contributed by atoms with Crippen LogP contribution in [0.15, 0.2) is 12.3 Å². The number of fused-ring (bicyclic) bond motifs is 1. The minimum absolute atomic E-state index is 0.583. The van der Waals surface area contributed by atoms with E-state index in [9.17, 15) is 0 Å². The highest BCUT2D eigenvalue weighted by atomic mass is 16.5. The predicted molar refractivity (Wildman–Crippen MR) is 45.9 cm³/mol. The smallest absolute Gasteiger partial charge is 0.149 e. The number of aromatic nitrogens is 1. The number of pyridine rings is 1. The maximum atomic E-state index is 7.62. The van der Waals surface area contributed by atoms with Gasteiger partial charge in [0.25, 0.3) is 0 Å². The second kappa shape index (κ2) is 2.59. The fourth-order valence-electron chi connectivity index (χ4n) is 1.32. The fraction of sp³-hybridized carbons (Fsp3) is 0.333. The summed E-state index contributed by atoms with van der Waals surface area (Å²) in [6, 6.07) is 1.90. The topological polar surface area (TPSA) is 46.0 Å². The van der Waals surface area contributed by atoms with E-state index < -0.39 is 0 Å². The third-order valence-corrected chi connectivity index (χ3v) is 1.99. The van der Waals surface area contributed by atoms with Gasteiger partial charge in [-0.1, -0.05) is 0 Å². The second-order valence-corrected chi connectivity index (χ2v) is 2.88. The molecule has 0 saturated carbocycles. The van der Waals surface area contributed by atoms with Crippen LogP contribution in [0.3, 0.4) is 0 Å². The molecule has 1 aromatic rings. The Kier molecular flexibility index (Phi) is 1.57. The lowest BCUT2D eigenvalue weighted by atomic mass is 10.1. The van der Waals surface area contributed by atoms with Gasteiger partial charge < -0.3 is 10.1 Å². The van der Waals surface area contributed by atoms with Crippen LogP contribution in [0.5, 0.6) is 5.75 Å². The molecule has 0 bridgehead atoms. The molecule has 1 aliphatic rings. The maximum Gasteiger partial charge on any atom is 0.149 e. The standard InChI is InChI=1S/C9H10N2O/c1-6-2-4-11-8-7(10)3-5-12-9(6)8/h2,4,10H,3,5H2,1H3. The van der Waals surface area contributed by atoms with E-state index in [-0.39, 0.29) is 0 Å². The fourth-order valence-corrected chi connectivity index (χ4v) is 1.32. The SMILES string of the molecule is Cc1ccnc2c1OCCC2=N. The van der Waals surface area contributed by atoms with Crippen LogP contribution in [0.2, 0.25) is 0 Å². The Morgan fingerprint density at radius 2 is 2.42 bits per heavy atom. The van der Waals surface area contributed by atoms with Crippen molar-refractivity contribution in [2.45, 2.75) is 13.3 Å². The zero-order valence-corrected chi connectivity index (χ0v) is 6.92. The van der Waals surface area contributed by atoms with Crippen LogP contribution < -0.4 is 4.74 Å². The summed E-state index contributed by atoms with van der Waals surface area (Å²) in [5, 5.41) is 7.62. The highest BCUT2D eigenvalue weighted by Gasteiger charge is 2.17. The van der Waals surface area contributed by atoms with Crippen molar-refractivity contribution in [3.8, 4) is 5.75 Å². The van der Waals surface area contributed by atoms with Gasteiger partial charge in [-0.3, -0.25) is 4.98 Å². The molecule has 1 aromatic heterocycles. The molecule has 12 heavy (non-hydrogen) atoms. The van der Waals surface area contributed by atoms with Gasteiger partial charge in [0.15, 0.2) is 0 Å². The average molecular weight is 162 g/mol. The molecular weight excluding hydrogens is 152 g/mol. The van der Waals surface area contributed by atoms with Gasteiger partial charge >= 0.3 is 0 Å². The molecule has 3 heteroatoms. The van der Waals surface area contributed by atoms with Crippen LogP contribution in [0.25, 0.3) is 0 Å². The van der Waals surface area contributed by atoms with Crippen molar-refractivity contribution in [2.24, 2.45) is 0 Å². The second-order valence-electron chi connectivity index (χ2n) is 2.88. The molecule has 0 saturated heterocycles. The van der Waals surface area contributed by atoms with Gasteiger partial charge in [-0.25, -0.2) is 0 Å². The molecule has 0 fully saturated rings. The Hall–Kier alpha value is -1.38. The Morgan fingerprint density at radius 1 is 1.58 bits per heavy atom. The Morgan fingerprint density at radius 3 is 3.17 bits per heavy atom. The van der Waals surface area contributed by atoms with E-state index in [2.05, 4.69) is 4.98 Å². The highest BCUT2D eigenvalue weighted by molar-refractivity contribution is 5.99. The Bertz CT molecular complexity index is 333. The normalized spacial score (nSPS) is 15.2. The molecule has 0 unspecified atom stereocenters. The van der Waals surface area contributed by atoms with E-state index in [0.29, 0.717) is 24.4 Å². The van der Waals surface area contributed by atoms with Gasteiger partial charge in [0, 0.05) is 12.6 Å². The number of hydrogen-bond donors (Lipinski definition) is 1. The molecule has 0 aromatic carbocycles. The molecule has 0 aliphatic carbocycles. The van der Waals surface area contributed by atoms with Crippen molar-refractivity contribution in [1.29, 1.82) is 5.41 Å². The zero-order valence-electron chi connectivity index (χ0n) is 6.92. The first-order valence-electron chi connectivity index (χ1n) is 3.95. The monoisotopic (exact) mass is 162 g/mol. The minimum Gasteiger partial charge on any atom is -0.491 e. The number of ether oxygens (including phenoxy) is 1. The van der Waals surface area contributed by atoms with Crippen molar-refractivity contribution in [3.63, 3.8) is 0 Å². The molecule has 0 spiro atoms. The van der Waals surface area contributed by atoms with Crippen molar-refractivity contribution < 1.29 is 4.74 Å². The van der Waals surface area contributed by atoms with E-state index in [1.807, 2.05) is 13.0 Å². The summed E-state index contributed by atoms with van der Waals surface area (Å²) >= 11 is 0. The Labute approximate surface area is 70.9 Å². The molecule has 3 nitrogen and oxygen atoms in total. The van der Waals surface area contributed by atoms with Crippen LogP contribution >= 0.6 is 0 Å². The summed E-state index contributed by atoms with van der Waals surface area (Å²) in [7, 11) is 0. The third-order valence-electron chi connectivity index (χ3n) is 1.99. The molecule has 2 rings (SSSR count). The van der Waals surface area contributed by atoms with E-state index in [0.717, 1.165) is 11.3 Å². The van der Waals surface area contributed by atoms with Crippen molar-refractivity contribution >= 4 is 5.71 Å². The summed E-state index contributed by atoms with van der Waals surface area (Å²) in [5.74, 6) is 0.786. The van der Waals surface area contributed by atoms with Gasteiger partial charge in [-0.05, 0) is 18.6 Å². The minimum atomic E-state index is 0.583. The molecule has 0 atom stereocenters. The summed E-state index contributed by atoms with van der Waals surface area (Å²) in [5.41, 5.74) is 2.35. The molecule has 1 aliphatic heterocycles. The number of hydrogen-bond acceptors (Lipinski definition) is 3. The van der Waals surface area contributed by atoms with Gasteiger partial charge in [-0.15, -0.1) is 0 Å². The van der Waals surface area contributed by atoms with Crippen LogP contribution in [0, 0.1) is 12.3 Å². The number of nitrogens with one attached hydrogen (secondary N) is 1. The lowest BCUT2D eigenvalue weighted by Crippen LogP contribution is -2.17. The maximum absolute atomic E-state index is 7.62. The first kappa shape index (κ1) is 7.28. The number of rotatable bonds is 0. The largest absolute Gasteiger partial charge is 0.491 e. The van der Waals surface area contributed by atoms with Crippen LogP contribution in [-0.2, 0) is 0 Å². The molecule has 62 valence electrons. The van der Waals surface area contributed by atoms with E-state index in [1.54, 1.807) is 6.20 Å². The average Bonchev–Trinajstić information content (AvgIpc) is 2.07. The number of nitrogens with zero attached hydrogens (tertiary/aromatic N) is 1. The van der Waals surface area contributed by atoms with E-state index in [4.69, 9.17) is 10.1 Å². The van der Waals surface area contributed by atoms with Crippen LogP contribution in [0.1, 0.15) is 17.7 Å². The first-order valence-corrected chi connectivity index (χ1v) is 3.95. The molecular formula is C9H10N2O. The summed E-state index contributed by atoms with van der Waals surface area (Å²) in [4.78, 5) is 4.11. The molecule has 0 amide bonds. The summed E-state index contributed by atoms with van der Waals surface area (Å²) < 4.78 is 5.42. The summed E-state index contributed by atoms with van der Waals surface area (Å²) in [6.45, 7) is 2.58. The predicted octanol–water partition coefficient (Wildman–Crippen LogP) is 1.54. The third kappa shape index (κ3) is 0.978. The van der Waals surface area contributed by atoms with Gasteiger partial charge in [0.05, 0.1) is 12.3 Å². The Balaban J connectivity index is 2.59. The zero-order chi connectivity index (χ0) is 8.55. The lowest BCUT2D eigenvalue weighted by Gasteiger charge is -2.18. The highest BCUT2D eigenvalue weighted by Crippen LogP contribution is 2.25. The van der Waals surface area contributed by atoms with Crippen molar-refractivity contribution in [3.05, 3.63) is 23.5 Å². The van der Waals surface area contributed by atoms with E-state index >= 15 is 0 Å². The first-order chi connectivity index (χ1) is 5.79. The van der Waals surface area contributed by atoms with Crippen LogP contribution in [0.4, 0.5) is 0 Å². The molecule has 1 N–H and O–H groups in total. The van der Waals surface area contributed by atoms with Crippen LogP contribution in [-0.4, -0.2) is 17.3 Å². The van der Waals surface area contributed by atoms with E-state index in [1.165, 1.54) is 0 Å².